The van der Waals surface area contributed by atoms with Crippen molar-refractivity contribution in [3.8, 4) is 5.75 Å². The van der Waals surface area contributed by atoms with Crippen molar-refractivity contribution in [3.63, 3.8) is 0 Å². The predicted molar refractivity (Wildman–Crippen MR) is 76.6 cm³/mol. The topological polar surface area (TPSA) is 84.5 Å². The van der Waals surface area contributed by atoms with E-state index in [1.165, 1.54) is 7.11 Å². The van der Waals surface area contributed by atoms with Gasteiger partial charge in [-0.05, 0) is 18.1 Å². The molecule has 20 heavy (non-hydrogen) atoms. The summed E-state index contributed by atoms with van der Waals surface area (Å²) in [6, 6.07) is 6.88. The van der Waals surface area contributed by atoms with Gasteiger partial charge in [0.15, 0.2) is 9.84 Å². The standard InChI is InChI=1S/C13H18N2O4S/c1-19-12-5-3-2-4-11(12)15-13(16)9-20(17,18)8-10-6-14-7-10/h2-5,10,14H,6-9H2,1H3,(H,15,16). The smallest absolute Gasteiger partial charge is 0.239 e. The molecule has 110 valence electrons. The van der Waals surface area contributed by atoms with Crippen molar-refractivity contribution in [1.29, 1.82) is 0 Å². The average Bonchev–Trinajstić information content (AvgIpc) is 2.34. The first-order valence-electron chi connectivity index (χ1n) is 6.34. The van der Waals surface area contributed by atoms with Crippen LogP contribution in [0.15, 0.2) is 24.3 Å². The van der Waals surface area contributed by atoms with Crippen LogP contribution in [0.3, 0.4) is 0 Å². The Morgan fingerprint density at radius 2 is 2.10 bits per heavy atom. The first-order valence-corrected chi connectivity index (χ1v) is 8.16. The summed E-state index contributed by atoms with van der Waals surface area (Å²) in [7, 11) is -1.88. The molecule has 0 aromatic heterocycles. The molecule has 1 amide bonds. The summed E-state index contributed by atoms with van der Waals surface area (Å²) in [5, 5.41) is 5.58. The summed E-state index contributed by atoms with van der Waals surface area (Å²) in [6.45, 7) is 1.40. The Hall–Kier alpha value is -1.60. The third kappa shape index (κ3) is 3.94. The monoisotopic (exact) mass is 298 g/mol. The lowest BCUT2D eigenvalue weighted by atomic mass is 10.1. The summed E-state index contributed by atoms with van der Waals surface area (Å²) in [5.74, 6) is -0.358. The molecule has 0 atom stereocenters. The SMILES string of the molecule is COc1ccccc1NC(=O)CS(=O)(=O)CC1CNC1. The maximum absolute atomic E-state index is 11.9. The molecule has 1 aliphatic rings. The second-order valence-electron chi connectivity index (χ2n) is 4.83. The Morgan fingerprint density at radius 3 is 2.70 bits per heavy atom. The summed E-state index contributed by atoms with van der Waals surface area (Å²) in [4.78, 5) is 11.8. The van der Waals surface area contributed by atoms with E-state index >= 15 is 0 Å². The number of hydrogen-bond acceptors (Lipinski definition) is 5. The number of amides is 1. The quantitative estimate of drug-likeness (QED) is 0.787. The van der Waals surface area contributed by atoms with Crippen LogP contribution in [-0.2, 0) is 14.6 Å². The largest absolute Gasteiger partial charge is 0.495 e. The van der Waals surface area contributed by atoms with Crippen LogP contribution in [0.4, 0.5) is 5.69 Å². The second-order valence-corrected chi connectivity index (χ2v) is 6.94. The van der Waals surface area contributed by atoms with Crippen LogP contribution in [0.5, 0.6) is 5.75 Å². The lowest BCUT2D eigenvalue weighted by molar-refractivity contribution is -0.113. The van der Waals surface area contributed by atoms with E-state index in [-0.39, 0.29) is 11.7 Å². The van der Waals surface area contributed by atoms with E-state index in [0.29, 0.717) is 24.5 Å². The van der Waals surface area contributed by atoms with Gasteiger partial charge in [0.25, 0.3) is 0 Å². The molecule has 6 nitrogen and oxygen atoms in total. The molecule has 0 unspecified atom stereocenters. The number of sulfone groups is 1. The number of ether oxygens (including phenoxy) is 1. The molecule has 7 heteroatoms. The molecule has 1 fully saturated rings. The highest BCUT2D eigenvalue weighted by Gasteiger charge is 2.26. The fourth-order valence-electron chi connectivity index (χ4n) is 2.02. The number of carbonyl (C=O) groups is 1. The van der Waals surface area contributed by atoms with E-state index in [9.17, 15) is 13.2 Å². The van der Waals surface area contributed by atoms with Gasteiger partial charge >= 0.3 is 0 Å². The average molecular weight is 298 g/mol. The zero-order chi connectivity index (χ0) is 14.6. The third-order valence-electron chi connectivity index (χ3n) is 3.09. The van der Waals surface area contributed by atoms with Crippen molar-refractivity contribution in [3.05, 3.63) is 24.3 Å². The van der Waals surface area contributed by atoms with E-state index < -0.39 is 21.5 Å². The highest BCUT2D eigenvalue weighted by Crippen LogP contribution is 2.23. The summed E-state index contributed by atoms with van der Waals surface area (Å²) < 4.78 is 28.8. The van der Waals surface area contributed by atoms with Crippen LogP contribution in [0, 0.1) is 5.92 Å². The molecule has 0 spiro atoms. The highest BCUT2D eigenvalue weighted by atomic mass is 32.2. The van der Waals surface area contributed by atoms with Crippen LogP contribution in [0.25, 0.3) is 0 Å². The van der Waals surface area contributed by atoms with Gasteiger partial charge in [-0.25, -0.2) is 8.42 Å². The first kappa shape index (κ1) is 14.8. The fourth-order valence-corrected chi connectivity index (χ4v) is 3.56. The number of hydrogen-bond donors (Lipinski definition) is 2. The second kappa shape index (κ2) is 6.23. The minimum Gasteiger partial charge on any atom is -0.495 e. The van der Waals surface area contributed by atoms with E-state index in [0.717, 1.165) is 0 Å². The normalized spacial score (nSPS) is 15.4. The van der Waals surface area contributed by atoms with Crippen LogP contribution in [-0.4, -0.2) is 46.0 Å². The molecule has 1 heterocycles. The van der Waals surface area contributed by atoms with E-state index in [2.05, 4.69) is 10.6 Å². The van der Waals surface area contributed by atoms with Gasteiger partial charge in [0, 0.05) is 13.1 Å². The maximum atomic E-state index is 11.9. The number of methoxy groups -OCH3 is 1. The van der Waals surface area contributed by atoms with Crippen LogP contribution >= 0.6 is 0 Å². The highest BCUT2D eigenvalue weighted by molar-refractivity contribution is 7.92. The Balaban J connectivity index is 1.94. The van der Waals surface area contributed by atoms with E-state index in [1.54, 1.807) is 24.3 Å². The number of nitrogens with one attached hydrogen (secondary N) is 2. The first-order chi connectivity index (χ1) is 9.50. The molecule has 1 aliphatic heterocycles. The molecule has 0 bridgehead atoms. The van der Waals surface area contributed by atoms with Crippen molar-refractivity contribution in [2.75, 3.05) is 37.0 Å². The number of anilines is 1. The Morgan fingerprint density at radius 1 is 1.40 bits per heavy atom. The molecular formula is C13H18N2O4S. The van der Waals surface area contributed by atoms with Gasteiger partial charge in [-0.1, -0.05) is 12.1 Å². The van der Waals surface area contributed by atoms with E-state index in [4.69, 9.17) is 4.74 Å². The number of para-hydroxylation sites is 2. The molecule has 1 saturated heterocycles. The molecular weight excluding hydrogens is 280 g/mol. The molecule has 2 N–H and O–H groups in total. The number of benzene rings is 1. The van der Waals surface area contributed by atoms with Crippen LogP contribution in [0.1, 0.15) is 0 Å². The van der Waals surface area contributed by atoms with Crippen molar-refractivity contribution in [1.82, 2.24) is 5.32 Å². The van der Waals surface area contributed by atoms with Gasteiger partial charge in [-0.3, -0.25) is 4.79 Å². The predicted octanol–water partition coefficient (Wildman–Crippen LogP) is 0.268. The minimum atomic E-state index is -3.37. The molecule has 0 aliphatic carbocycles. The zero-order valence-electron chi connectivity index (χ0n) is 11.3. The fraction of sp³-hybridized carbons (Fsp3) is 0.462. The van der Waals surface area contributed by atoms with Gasteiger partial charge in [0.05, 0.1) is 18.6 Å². The van der Waals surface area contributed by atoms with Gasteiger partial charge in [0.2, 0.25) is 5.91 Å². The summed E-state index contributed by atoms with van der Waals surface area (Å²) in [6.07, 6.45) is 0. The number of rotatable bonds is 6. The molecule has 1 aromatic carbocycles. The lowest BCUT2D eigenvalue weighted by Crippen LogP contribution is -2.46. The van der Waals surface area contributed by atoms with Gasteiger partial charge < -0.3 is 15.4 Å². The minimum absolute atomic E-state index is 0.0549. The summed E-state index contributed by atoms with van der Waals surface area (Å²) >= 11 is 0. The molecule has 2 rings (SSSR count). The molecule has 0 radical (unpaired) electrons. The van der Waals surface area contributed by atoms with Crippen LogP contribution in [0.2, 0.25) is 0 Å². The van der Waals surface area contributed by atoms with Crippen LogP contribution < -0.4 is 15.4 Å². The van der Waals surface area contributed by atoms with Crippen molar-refractivity contribution in [2.45, 2.75) is 0 Å². The van der Waals surface area contributed by atoms with E-state index in [1.807, 2.05) is 0 Å². The van der Waals surface area contributed by atoms with Crippen molar-refractivity contribution in [2.24, 2.45) is 5.92 Å². The molecule has 1 aromatic rings. The lowest BCUT2D eigenvalue weighted by Gasteiger charge is -2.26. The Kier molecular flexibility index (Phi) is 4.61. The third-order valence-corrected chi connectivity index (χ3v) is 4.77. The van der Waals surface area contributed by atoms with Crippen molar-refractivity contribution < 1.29 is 17.9 Å². The Labute approximate surface area is 118 Å². The Bertz CT molecular complexity index is 582. The number of carbonyl (C=O) groups excluding carboxylic acids is 1. The van der Waals surface area contributed by atoms with Gasteiger partial charge in [-0.15, -0.1) is 0 Å². The molecule has 0 saturated carbocycles. The maximum Gasteiger partial charge on any atom is 0.239 e. The zero-order valence-corrected chi connectivity index (χ0v) is 12.1. The van der Waals surface area contributed by atoms with Gasteiger partial charge in [-0.2, -0.15) is 0 Å². The van der Waals surface area contributed by atoms with Gasteiger partial charge in [0.1, 0.15) is 11.5 Å². The van der Waals surface area contributed by atoms with Crippen molar-refractivity contribution >= 4 is 21.4 Å². The summed E-state index contributed by atoms with van der Waals surface area (Å²) in [5.41, 5.74) is 0.473.